The molecule has 0 saturated carbocycles. The van der Waals surface area contributed by atoms with Crippen molar-refractivity contribution in [2.24, 2.45) is 0 Å². The second-order valence-electron chi connectivity index (χ2n) is 9.42. The smallest absolute Gasteiger partial charge is 0.335 e. The molecule has 8 nitrogen and oxygen atoms in total. The highest BCUT2D eigenvalue weighted by molar-refractivity contribution is 6.42. The van der Waals surface area contributed by atoms with E-state index >= 15 is 0 Å². The number of benzene rings is 4. The van der Waals surface area contributed by atoms with E-state index in [1.54, 1.807) is 66.7 Å². The molecule has 4 aromatic carbocycles. The van der Waals surface area contributed by atoms with E-state index in [1.165, 1.54) is 25.3 Å². The number of halogens is 4. The number of nitrogens with one attached hydrogen (secondary N) is 1. The van der Waals surface area contributed by atoms with E-state index in [0.717, 1.165) is 16.0 Å². The third-order valence-electron chi connectivity index (χ3n) is 6.48. The molecule has 1 N–H and O–H groups in total. The molecule has 1 fully saturated rings. The van der Waals surface area contributed by atoms with Gasteiger partial charge in [0.1, 0.15) is 24.5 Å². The topological polar surface area (TPSA) is 94.2 Å². The SMILES string of the molecule is COc1cc(/C=C2\C(=O)NC(=O)N(c3ccc(OCc4ccc(Cl)cc4Cl)cc3)C2=O)ccc1OCc1ccc(Cl)c(Cl)c1. The Labute approximate surface area is 272 Å². The molecule has 5 rings (SSSR count). The van der Waals surface area contributed by atoms with Crippen LogP contribution in [0.25, 0.3) is 6.08 Å². The summed E-state index contributed by atoms with van der Waals surface area (Å²) in [6.45, 7) is 0.382. The number of methoxy groups -OCH3 is 1. The van der Waals surface area contributed by atoms with Gasteiger partial charge in [-0.05, 0) is 77.9 Å². The van der Waals surface area contributed by atoms with Gasteiger partial charge in [-0.15, -0.1) is 0 Å². The van der Waals surface area contributed by atoms with Crippen molar-refractivity contribution < 1.29 is 28.6 Å². The van der Waals surface area contributed by atoms with Crippen LogP contribution in [0.2, 0.25) is 20.1 Å². The molecule has 0 atom stereocenters. The summed E-state index contributed by atoms with van der Waals surface area (Å²) in [5.74, 6) is -0.344. The van der Waals surface area contributed by atoms with Crippen LogP contribution in [-0.4, -0.2) is 25.0 Å². The molecule has 12 heteroatoms. The molecule has 0 aliphatic carbocycles. The summed E-state index contributed by atoms with van der Waals surface area (Å²) >= 11 is 24.2. The lowest BCUT2D eigenvalue weighted by atomic mass is 10.1. The fraction of sp³-hybridized carbons (Fsp3) is 0.0938. The predicted octanol–water partition coefficient (Wildman–Crippen LogP) is 8.13. The zero-order chi connectivity index (χ0) is 31.4. The molecule has 0 unspecified atom stereocenters. The van der Waals surface area contributed by atoms with Gasteiger partial charge in [0.25, 0.3) is 11.8 Å². The lowest BCUT2D eigenvalue weighted by molar-refractivity contribution is -0.122. The monoisotopic (exact) mass is 670 g/mol. The molecule has 0 bridgehead atoms. The van der Waals surface area contributed by atoms with Crippen molar-refractivity contribution in [3.8, 4) is 17.2 Å². The summed E-state index contributed by atoms with van der Waals surface area (Å²) in [7, 11) is 1.47. The van der Waals surface area contributed by atoms with Crippen molar-refractivity contribution in [3.63, 3.8) is 0 Å². The Morgan fingerprint density at radius 3 is 2.23 bits per heavy atom. The molecule has 0 aromatic heterocycles. The number of nitrogens with zero attached hydrogens (tertiary/aromatic N) is 1. The number of anilines is 1. The molecular formula is C32H22Cl4N2O6. The number of urea groups is 1. The Morgan fingerprint density at radius 2 is 1.52 bits per heavy atom. The molecule has 1 heterocycles. The van der Waals surface area contributed by atoms with Crippen molar-refractivity contribution >= 4 is 76.0 Å². The molecule has 4 aromatic rings. The van der Waals surface area contributed by atoms with Crippen LogP contribution < -0.4 is 24.4 Å². The van der Waals surface area contributed by atoms with E-state index < -0.39 is 17.8 Å². The van der Waals surface area contributed by atoms with Gasteiger partial charge in [-0.2, -0.15) is 0 Å². The molecule has 0 radical (unpaired) electrons. The van der Waals surface area contributed by atoms with Gasteiger partial charge < -0.3 is 14.2 Å². The number of carbonyl (C=O) groups excluding carboxylic acids is 3. The van der Waals surface area contributed by atoms with E-state index in [9.17, 15) is 14.4 Å². The van der Waals surface area contributed by atoms with E-state index in [-0.39, 0.29) is 24.5 Å². The van der Waals surface area contributed by atoms with Crippen LogP contribution in [0.1, 0.15) is 16.7 Å². The summed E-state index contributed by atoms with van der Waals surface area (Å²) < 4.78 is 17.1. The molecule has 1 aliphatic rings. The summed E-state index contributed by atoms with van der Waals surface area (Å²) in [6, 6.07) is 20.6. The van der Waals surface area contributed by atoms with E-state index in [1.807, 2.05) is 0 Å². The van der Waals surface area contributed by atoms with Gasteiger partial charge >= 0.3 is 6.03 Å². The molecule has 4 amide bonds. The summed E-state index contributed by atoms with van der Waals surface area (Å²) in [6.07, 6.45) is 1.37. The van der Waals surface area contributed by atoms with Gasteiger partial charge in [0.05, 0.1) is 22.8 Å². The molecule has 44 heavy (non-hydrogen) atoms. The first kappa shape index (κ1) is 31.2. The molecule has 1 saturated heterocycles. The first-order valence-electron chi connectivity index (χ1n) is 13.0. The number of rotatable bonds is 9. The van der Waals surface area contributed by atoms with Crippen LogP contribution in [0.5, 0.6) is 17.2 Å². The number of hydrogen-bond donors (Lipinski definition) is 1. The summed E-state index contributed by atoms with van der Waals surface area (Å²) in [5, 5.41) is 4.05. The lowest BCUT2D eigenvalue weighted by Crippen LogP contribution is -2.54. The highest BCUT2D eigenvalue weighted by Gasteiger charge is 2.36. The maximum atomic E-state index is 13.4. The van der Waals surface area contributed by atoms with Crippen LogP contribution >= 0.6 is 46.4 Å². The van der Waals surface area contributed by atoms with E-state index in [2.05, 4.69) is 5.32 Å². The van der Waals surface area contributed by atoms with Crippen molar-refractivity contribution in [2.75, 3.05) is 12.0 Å². The first-order chi connectivity index (χ1) is 21.1. The Balaban J connectivity index is 1.31. The summed E-state index contributed by atoms with van der Waals surface area (Å²) in [4.78, 5) is 39.6. The predicted molar refractivity (Wildman–Crippen MR) is 170 cm³/mol. The lowest BCUT2D eigenvalue weighted by Gasteiger charge is -2.26. The Kier molecular flexibility index (Phi) is 9.66. The second kappa shape index (κ2) is 13.6. The van der Waals surface area contributed by atoms with Crippen LogP contribution in [0.4, 0.5) is 10.5 Å². The average molecular weight is 672 g/mol. The molecule has 1 aliphatic heterocycles. The third kappa shape index (κ3) is 7.11. The number of barbiturate groups is 1. The van der Waals surface area contributed by atoms with Gasteiger partial charge in [-0.25, -0.2) is 9.69 Å². The Hall–Kier alpha value is -4.21. The van der Waals surface area contributed by atoms with E-state index in [4.69, 9.17) is 60.6 Å². The fourth-order valence-electron chi connectivity index (χ4n) is 4.23. The maximum absolute atomic E-state index is 13.4. The van der Waals surface area contributed by atoms with Crippen molar-refractivity contribution in [2.45, 2.75) is 13.2 Å². The zero-order valence-electron chi connectivity index (χ0n) is 22.9. The first-order valence-corrected chi connectivity index (χ1v) is 14.5. The average Bonchev–Trinajstić information content (AvgIpc) is 3.00. The number of amides is 4. The maximum Gasteiger partial charge on any atom is 0.335 e. The third-order valence-corrected chi connectivity index (χ3v) is 7.81. The minimum absolute atomic E-state index is 0.183. The normalized spacial score (nSPS) is 14.1. The van der Waals surface area contributed by atoms with Crippen LogP contribution in [-0.2, 0) is 22.8 Å². The van der Waals surface area contributed by atoms with Crippen molar-refractivity contribution in [3.05, 3.63) is 121 Å². The van der Waals surface area contributed by atoms with E-state index in [0.29, 0.717) is 42.9 Å². The largest absolute Gasteiger partial charge is 0.493 e. The standard InChI is InChI=1S/C32H22Cl4N2O6/c1-42-29-14-18(3-11-28(29)44-16-19-2-10-25(34)27(36)13-19)12-24-30(39)37-32(41)38(31(24)40)22-6-8-23(9-7-22)43-17-20-4-5-21(33)15-26(20)35/h2-15H,16-17H2,1H3,(H,37,39,41)/b24-12+. The van der Waals surface area contributed by atoms with Crippen molar-refractivity contribution in [1.29, 1.82) is 0 Å². The Bertz CT molecular complexity index is 1790. The zero-order valence-corrected chi connectivity index (χ0v) is 25.9. The fourth-order valence-corrected chi connectivity index (χ4v) is 5.02. The number of ether oxygens (including phenoxy) is 3. The summed E-state index contributed by atoms with van der Waals surface area (Å²) in [5.41, 5.74) is 2.01. The number of hydrogen-bond acceptors (Lipinski definition) is 6. The van der Waals surface area contributed by atoms with Gasteiger partial charge in [0.15, 0.2) is 11.5 Å². The van der Waals surface area contributed by atoms with Gasteiger partial charge in [-0.1, -0.05) is 64.6 Å². The number of imide groups is 2. The van der Waals surface area contributed by atoms with Gasteiger partial charge in [-0.3, -0.25) is 14.9 Å². The van der Waals surface area contributed by atoms with Crippen LogP contribution in [0.15, 0.2) is 84.4 Å². The van der Waals surface area contributed by atoms with Gasteiger partial charge in [0.2, 0.25) is 0 Å². The van der Waals surface area contributed by atoms with Crippen LogP contribution in [0.3, 0.4) is 0 Å². The highest BCUT2D eigenvalue weighted by Crippen LogP contribution is 2.32. The molecular weight excluding hydrogens is 650 g/mol. The minimum atomic E-state index is -0.873. The van der Waals surface area contributed by atoms with Crippen molar-refractivity contribution in [1.82, 2.24) is 5.32 Å². The minimum Gasteiger partial charge on any atom is -0.493 e. The quantitative estimate of drug-likeness (QED) is 0.143. The number of carbonyl (C=O) groups is 3. The highest BCUT2D eigenvalue weighted by atomic mass is 35.5. The second-order valence-corrected chi connectivity index (χ2v) is 11.1. The Morgan fingerprint density at radius 1 is 0.750 bits per heavy atom. The van der Waals surface area contributed by atoms with Gasteiger partial charge in [0, 0.05) is 15.6 Å². The molecule has 0 spiro atoms. The molecule has 224 valence electrons. The van der Waals surface area contributed by atoms with Crippen LogP contribution in [0, 0.1) is 0 Å².